The number of nitrogens with zero attached hydrogens (tertiary/aromatic N) is 1. The maximum absolute atomic E-state index is 11.8. The van der Waals surface area contributed by atoms with Crippen molar-refractivity contribution in [3.05, 3.63) is 23.7 Å². The predicted molar refractivity (Wildman–Crippen MR) is 113 cm³/mol. The van der Waals surface area contributed by atoms with Crippen LogP contribution in [0.5, 0.6) is 0 Å². The van der Waals surface area contributed by atoms with Crippen LogP contribution in [0.3, 0.4) is 0 Å². The molecule has 4 N–H and O–H groups in total. The molecule has 27 heavy (non-hydrogen) atoms. The zero-order valence-corrected chi connectivity index (χ0v) is 18.2. The Kier molecular flexibility index (Phi) is 10.2. The van der Waals surface area contributed by atoms with Crippen molar-refractivity contribution in [2.45, 2.75) is 52.1 Å². The Hall–Kier alpha value is -1.78. The van der Waals surface area contributed by atoms with E-state index in [0.29, 0.717) is 24.9 Å². The fourth-order valence-electron chi connectivity index (χ4n) is 3.00. The van der Waals surface area contributed by atoms with E-state index in [1.807, 2.05) is 13.8 Å². The molecule has 9 heteroatoms. The number of ether oxygens (including phenoxy) is 1. The summed E-state index contributed by atoms with van der Waals surface area (Å²) in [6, 6.07) is 3.50. The minimum absolute atomic E-state index is 0. The van der Waals surface area contributed by atoms with Crippen LogP contribution >= 0.6 is 24.0 Å². The summed E-state index contributed by atoms with van der Waals surface area (Å²) in [7, 11) is 0. The van der Waals surface area contributed by atoms with Crippen LogP contribution in [0.4, 0.5) is 0 Å². The predicted octanol–water partition coefficient (Wildman–Crippen LogP) is 2.17. The van der Waals surface area contributed by atoms with Gasteiger partial charge in [-0.1, -0.05) is 0 Å². The molecule has 0 aromatic carbocycles. The molecule has 0 aliphatic heterocycles. The van der Waals surface area contributed by atoms with Gasteiger partial charge in [-0.15, -0.1) is 24.0 Å². The van der Waals surface area contributed by atoms with Crippen molar-refractivity contribution in [1.29, 1.82) is 0 Å². The van der Waals surface area contributed by atoms with Gasteiger partial charge in [0.1, 0.15) is 12.3 Å². The number of amides is 1. The van der Waals surface area contributed by atoms with Crippen LogP contribution in [0.25, 0.3) is 0 Å². The molecule has 1 aliphatic carbocycles. The summed E-state index contributed by atoms with van der Waals surface area (Å²) in [6.07, 6.45) is 3.41. The maximum Gasteiger partial charge on any atom is 0.308 e. The number of carbonyl (C=O) groups excluding carboxylic acids is 2. The molecule has 2 rings (SSSR count). The molecule has 1 saturated carbocycles. The van der Waals surface area contributed by atoms with E-state index in [0.717, 1.165) is 32.2 Å². The SMILES string of the molecule is CCNC(=NCc1ccc(C(N)=O)o1)NC1CCC(C(=O)OCC)CC1.I. The first-order valence-corrected chi connectivity index (χ1v) is 9.13. The Morgan fingerprint density at radius 3 is 2.52 bits per heavy atom. The quantitative estimate of drug-likeness (QED) is 0.232. The molecule has 8 nitrogen and oxygen atoms in total. The fourth-order valence-corrected chi connectivity index (χ4v) is 3.00. The number of furan rings is 1. The zero-order valence-electron chi connectivity index (χ0n) is 15.8. The molecule has 1 aromatic rings. The summed E-state index contributed by atoms with van der Waals surface area (Å²) in [6.45, 7) is 5.29. The summed E-state index contributed by atoms with van der Waals surface area (Å²) < 4.78 is 10.4. The van der Waals surface area contributed by atoms with Gasteiger partial charge in [0, 0.05) is 12.6 Å². The highest BCUT2D eigenvalue weighted by Crippen LogP contribution is 2.25. The van der Waals surface area contributed by atoms with E-state index in [1.165, 1.54) is 0 Å². The summed E-state index contributed by atoms with van der Waals surface area (Å²) in [4.78, 5) is 27.4. The molecule has 0 bridgehead atoms. The topological polar surface area (TPSA) is 119 Å². The second kappa shape index (κ2) is 11.8. The zero-order chi connectivity index (χ0) is 18.9. The van der Waals surface area contributed by atoms with E-state index in [2.05, 4.69) is 15.6 Å². The minimum atomic E-state index is -0.594. The van der Waals surface area contributed by atoms with Crippen molar-refractivity contribution in [3.63, 3.8) is 0 Å². The molecule has 1 amide bonds. The number of hydrogen-bond acceptors (Lipinski definition) is 5. The average molecular weight is 492 g/mol. The molecule has 0 spiro atoms. The van der Waals surface area contributed by atoms with Gasteiger partial charge < -0.3 is 25.5 Å². The van der Waals surface area contributed by atoms with Crippen LogP contribution in [0.1, 0.15) is 55.8 Å². The van der Waals surface area contributed by atoms with E-state index in [-0.39, 0.29) is 47.7 Å². The summed E-state index contributed by atoms with van der Waals surface area (Å²) in [5, 5.41) is 6.60. The third-order valence-electron chi connectivity index (χ3n) is 4.33. The molecule has 0 unspecified atom stereocenters. The number of rotatable bonds is 7. The molecule has 152 valence electrons. The smallest absolute Gasteiger partial charge is 0.308 e. The number of carbonyl (C=O) groups is 2. The van der Waals surface area contributed by atoms with Gasteiger partial charge in [0.2, 0.25) is 0 Å². The van der Waals surface area contributed by atoms with Gasteiger partial charge in [-0.05, 0) is 51.7 Å². The van der Waals surface area contributed by atoms with Crippen molar-refractivity contribution in [2.75, 3.05) is 13.2 Å². The number of aliphatic imine (C=N–C) groups is 1. The molecule has 1 heterocycles. The number of nitrogens with two attached hydrogens (primary N) is 1. The Bertz CT molecular complexity index is 639. The van der Waals surface area contributed by atoms with Crippen LogP contribution in [-0.4, -0.2) is 37.0 Å². The van der Waals surface area contributed by atoms with E-state index in [9.17, 15) is 9.59 Å². The Morgan fingerprint density at radius 2 is 1.96 bits per heavy atom. The highest BCUT2D eigenvalue weighted by Gasteiger charge is 2.27. The van der Waals surface area contributed by atoms with E-state index in [1.54, 1.807) is 12.1 Å². The second-order valence-corrected chi connectivity index (χ2v) is 6.27. The molecule has 0 radical (unpaired) electrons. The first-order chi connectivity index (χ1) is 12.5. The molecule has 1 aromatic heterocycles. The summed E-state index contributed by atoms with van der Waals surface area (Å²) in [5.41, 5.74) is 5.18. The highest BCUT2D eigenvalue weighted by molar-refractivity contribution is 14.0. The van der Waals surface area contributed by atoms with Crippen molar-refractivity contribution < 1.29 is 18.7 Å². The first kappa shape index (κ1) is 23.3. The number of hydrogen-bond donors (Lipinski definition) is 3. The van der Waals surface area contributed by atoms with Crippen molar-refractivity contribution in [2.24, 2.45) is 16.6 Å². The van der Waals surface area contributed by atoms with Gasteiger partial charge in [0.05, 0.1) is 12.5 Å². The van der Waals surface area contributed by atoms with Crippen LogP contribution in [-0.2, 0) is 16.1 Å². The van der Waals surface area contributed by atoms with E-state index >= 15 is 0 Å². The Balaban J connectivity index is 0.00000364. The lowest BCUT2D eigenvalue weighted by atomic mass is 9.86. The maximum atomic E-state index is 11.8. The van der Waals surface area contributed by atoms with Crippen LogP contribution in [0.2, 0.25) is 0 Å². The van der Waals surface area contributed by atoms with Crippen LogP contribution in [0, 0.1) is 5.92 Å². The van der Waals surface area contributed by atoms with Crippen molar-refractivity contribution in [3.8, 4) is 0 Å². The molecular formula is C18H29IN4O4. The van der Waals surface area contributed by atoms with Crippen LogP contribution < -0.4 is 16.4 Å². The van der Waals surface area contributed by atoms with Crippen LogP contribution in [0.15, 0.2) is 21.5 Å². The summed E-state index contributed by atoms with van der Waals surface area (Å²) in [5.74, 6) is 0.706. The number of halogens is 1. The lowest BCUT2D eigenvalue weighted by molar-refractivity contribution is -0.149. The normalized spacial score (nSPS) is 19.7. The largest absolute Gasteiger partial charge is 0.466 e. The van der Waals surface area contributed by atoms with Gasteiger partial charge >= 0.3 is 5.97 Å². The average Bonchev–Trinajstić information content (AvgIpc) is 3.10. The standard InChI is InChI=1S/C18H28N4O4.HI/c1-3-20-18(21-11-14-9-10-15(26-14)16(19)23)22-13-7-5-12(6-8-13)17(24)25-4-2;/h9-10,12-13H,3-8,11H2,1-2H3,(H2,19,23)(H2,20,21,22);1H. The van der Waals surface area contributed by atoms with Crippen molar-refractivity contribution >= 4 is 41.8 Å². The van der Waals surface area contributed by atoms with Gasteiger partial charge in [-0.3, -0.25) is 9.59 Å². The number of primary amides is 1. The molecule has 1 aliphatic rings. The number of guanidine groups is 1. The second-order valence-electron chi connectivity index (χ2n) is 6.27. The molecule has 0 saturated heterocycles. The lowest BCUT2D eigenvalue weighted by Gasteiger charge is -2.29. The number of nitrogens with one attached hydrogen (secondary N) is 2. The van der Waals surface area contributed by atoms with E-state index < -0.39 is 5.91 Å². The van der Waals surface area contributed by atoms with Gasteiger partial charge in [0.25, 0.3) is 5.91 Å². The highest BCUT2D eigenvalue weighted by atomic mass is 127. The first-order valence-electron chi connectivity index (χ1n) is 9.13. The Labute approximate surface area is 176 Å². The fraction of sp³-hybridized carbons (Fsp3) is 0.611. The number of esters is 1. The monoisotopic (exact) mass is 492 g/mol. The Morgan fingerprint density at radius 1 is 1.26 bits per heavy atom. The van der Waals surface area contributed by atoms with E-state index in [4.69, 9.17) is 14.9 Å². The van der Waals surface area contributed by atoms with Gasteiger partial charge in [-0.2, -0.15) is 0 Å². The minimum Gasteiger partial charge on any atom is -0.466 e. The third-order valence-corrected chi connectivity index (χ3v) is 4.33. The summed E-state index contributed by atoms with van der Waals surface area (Å²) >= 11 is 0. The molecular weight excluding hydrogens is 463 g/mol. The molecule has 1 fully saturated rings. The van der Waals surface area contributed by atoms with Gasteiger partial charge in [-0.25, -0.2) is 4.99 Å². The lowest BCUT2D eigenvalue weighted by Crippen LogP contribution is -2.45. The van der Waals surface area contributed by atoms with Gasteiger partial charge in [0.15, 0.2) is 11.7 Å². The molecule has 0 atom stereocenters. The third kappa shape index (κ3) is 7.39. The van der Waals surface area contributed by atoms with Crippen molar-refractivity contribution in [1.82, 2.24) is 10.6 Å².